The maximum atomic E-state index is 14.0. The largest absolute Gasteiger partial charge is 0.466 e. The molecule has 0 heterocycles. The van der Waals surface area contributed by atoms with Crippen LogP contribution in [0.2, 0.25) is 0 Å². The Hall–Kier alpha value is -3.89. The van der Waals surface area contributed by atoms with E-state index in [1.54, 1.807) is 6.92 Å². The topological polar surface area (TPSA) is 142 Å². The van der Waals surface area contributed by atoms with Crippen LogP contribution in [0.4, 0.5) is 14.5 Å². The zero-order valence-electron chi connectivity index (χ0n) is 16.3. The first-order chi connectivity index (χ1) is 14.6. The van der Waals surface area contributed by atoms with Crippen LogP contribution in [0.1, 0.15) is 35.2 Å². The number of amides is 2. The molecule has 0 radical (unpaired) electrons. The van der Waals surface area contributed by atoms with Gasteiger partial charge in [0, 0.05) is 18.1 Å². The van der Waals surface area contributed by atoms with Crippen LogP contribution in [0.5, 0.6) is 0 Å². The highest BCUT2D eigenvalue weighted by Crippen LogP contribution is 2.27. The van der Waals surface area contributed by atoms with Gasteiger partial charge in [0.1, 0.15) is 6.04 Å². The first-order valence-electron chi connectivity index (χ1n) is 9.09. The lowest BCUT2D eigenvalue weighted by Gasteiger charge is -2.25. The van der Waals surface area contributed by atoms with Crippen LogP contribution in [0.3, 0.4) is 0 Å². The Balaban J connectivity index is 2.41. The van der Waals surface area contributed by atoms with Crippen LogP contribution < -0.4 is 11.1 Å². The van der Waals surface area contributed by atoms with Crippen LogP contribution in [-0.2, 0) is 14.3 Å². The van der Waals surface area contributed by atoms with E-state index in [-0.39, 0.29) is 17.9 Å². The highest BCUT2D eigenvalue weighted by atomic mass is 19.2. The van der Waals surface area contributed by atoms with E-state index in [2.05, 4.69) is 5.32 Å². The van der Waals surface area contributed by atoms with E-state index < -0.39 is 58.3 Å². The fourth-order valence-electron chi connectivity index (χ4n) is 2.94. The van der Waals surface area contributed by atoms with Crippen LogP contribution in [0, 0.1) is 21.7 Å². The molecule has 2 aromatic carbocycles. The maximum absolute atomic E-state index is 14.0. The van der Waals surface area contributed by atoms with E-state index in [0.717, 1.165) is 30.3 Å². The first-order valence-corrected chi connectivity index (χ1v) is 9.09. The van der Waals surface area contributed by atoms with Crippen molar-refractivity contribution in [3.05, 3.63) is 75.3 Å². The summed E-state index contributed by atoms with van der Waals surface area (Å²) in [6.45, 7) is 1.62. The number of carbonyl (C=O) groups is 3. The molecular formula is C20H19F2N3O6. The number of hydrogen-bond donors (Lipinski definition) is 2. The fraction of sp³-hybridized carbons (Fsp3) is 0.250. The summed E-state index contributed by atoms with van der Waals surface area (Å²) in [6.07, 6.45) is -0.412. The van der Waals surface area contributed by atoms with E-state index in [9.17, 15) is 33.3 Å². The summed E-state index contributed by atoms with van der Waals surface area (Å²) in [5.74, 6) is -6.67. The third-order valence-electron chi connectivity index (χ3n) is 4.42. The van der Waals surface area contributed by atoms with Gasteiger partial charge >= 0.3 is 5.97 Å². The van der Waals surface area contributed by atoms with Crippen LogP contribution in [0.15, 0.2) is 42.5 Å². The smallest absolute Gasteiger partial charge is 0.306 e. The summed E-state index contributed by atoms with van der Waals surface area (Å²) >= 11 is 0. The highest BCUT2D eigenvalue weighted by molar-refractivity contribution is 5.98. The van der Waals surface area contributed by atoms with Crippen molar-refractivity contribution < 1.29 is 32.8 Å². The van der Waals surface area contributed by atoms with Crippen molar-refractivity contribution >= 4 is 23.5 Å². The number of carbonyl (C=O) groups excluding carboxylic acids is 3. The molecule has 0 fully saturated rings. The second-order valence-corrected chi connectivity index (χ2v) is 6.42. The molecule has 0 aliphatic heterocycles. The van der Waals surface area contributed by atoms with Gasteiger partial charge in [-0.25, -0.2) is 8.78 Å². The van der Waals surface area contributed by atoms with Gasteiger partial charge in [0.05, 0.1) is 23.5 Å². The molecule has 11 heteroatoms. The minimum atomic E-state index is -1.53. The summed E-state index contributed by atoms with van der Waals surface area (Å²) in [5.41, 5.74) is 4.78. The molecule has 2 atom stereocenters. The standard InChI is InChI=1S/C20H19F2N3O6/c1-2-31-16(26)10-14(11-6-8-12(9-7-11)25(29)30)18(19(23)27)24-20(28)13-4-3-5-15(21)17(13)22/h3-9,14,18H,2,10H2,1H3,(H2,23,27)(H,24,28)/t14-,18-/m1/s1. The number of hydrogen-bond acceptors (Lipinski definition) is 6. The van der Waals surface area contributed by atoms with Crippen molar-refractivity contribution in [3.63, 3.8) is 0 Å². The Kier molecular flexibility index (Phi) is 7.72. The van der Waals surface area contributed by atoms with Crippen molar-refractivity contribution in [1.82, 2.24) is 5.32 Å². The number of benzene rings is 2. The number of esters is 1. The predicted molar refractivity (Wildman–Crippen MR) is 104 cm³/mol. The maximum Gasteiger partial charge on any atom is 0.306 e. The van der Waals surface area contributed by atoms with Gasteiger partial charge in [-0.1, -0.05) is 18.2 Å². The minimum Gasteiger partial charge on any atom is -0.466 e. The third-order valence-corrected chi connectivity index (χ3v) is 4.42. The van der Waals surface area contributed by atoms with Crippen LogP contribution in [-0.4, -0.2) is 35.4 Å². The van der Waals surface area contributed by atoms with Gasteiger partial charge in [-0.3, -0.25) is 24.5 Å². The lowest BCUT2D eigenvalue weighted by atomic mass is 9.87. The Labute approximate surface area is 175 Å². The molecular weight excluding hydrogens is 416 g/mol. The molecule has 0 saturated carbocycles. The van der Waals surface area contributed by atoms with Crippen molar-refractivity contribution in [2.24, 2.45) is 5.73 Å². The number of nitrogens with zero attached hydrogens (tertiary/aromatic N) is 1. The van der Waals surface area contributed by atoms with Gasteiger partial charge in [-0.05, 0) is 24.6 Å². The quantitative estimate of drug-likeness (QED) is 0.351. The van der Waals surface area contributed by atoms with Crippen molar-refractivity contribution in [2.75, 3.05) is 6.61 Å². The molecule has 0 saturated heterocycles. The van der Waals surface area contributed by atoms with Gasteiger partial charge in [0.15, 0.2) is 11.6 Å². The highest BCUT2D eigenvalue weighted by Gasteiger charge is 2.33. The Morgan fingerprint density at radius 1 is 1.16 bits per heavy atom. The molecule has 0 bridgehead atoms. The number of ether oxygens (including phenoxy) is 1. The third kappa shape index (κ3) is 5.81. The molecule has 9 nitrogen and oxygen atoms in total. The molecule has 0 aliphatic carbocycles. The molecule has 0 aliphatic rings. The Morgan fingerprint density at radius 2 is 1.81 bits per heavy atom. The Morgan fingerprint density at radius 3 is 2.35 bits per heavy atom. The number of primary amides is 1. The molecule has 0 spiro atoms. The molecule has 2 amide bonds. The minimum absolute atomic E-state index is 0.0495. The van der Waals surface area contributed by atoms with Gasteiger partial charge in [-0.15, -0.1) is 0 Å². The molecule has 31 heavy (non-hydrogen) atoms. The van der Waals surface area contributed by atoms with E-state index >= 15 is 0 Å². The summed E-state index contributed by atoms with van der Waals surface area (Å²) in [4.78, 5) is 46.9. The van der Waals surface area contributed by atoms with Gasteiger partial charge in [-0.2, -0.15) is 0 Å². The van der Waals surface area contributed by atoms with E-state index in [4.69, 9.17) is 10.5 Å². The zero-order chi connectivity index (χ0) is 23.1. The monoisotopic (exact) mass is 435 g/mol. The summed E-state index contributed by atoms with van der Waals surface area (Å²) < 4.78 is 32.3. The van der Waals surface area contributed by atoms with Crippen molar-refractivity contribution in [2.45, 2.75) is 25.3 Å². The lowest BCUT2D eigenvalue weighted by Crippen LogP contribution is -2.49. The van der Waals surface area contributed by atoms with Gasteiger partial charge in [0.2, 0.25) is 5.91 Å². The Bertz CT molecular complexity index is 997. The van der Waals surface area contributed by atoms with Crippen molar-refractivity contribution in [1.29, 1.82) is 0 Å². The van der Waals surface area contributed by atoms with Crippen molar-refractivity contribution in [3.8, 4) is 0 Å². The second kappa shape index (κ2) is 10.2. The number of halogens is 2. The number of nitro benzene ring substituents is 1. The zero-order valence-corrected chi connectivity index (χ0v) is 16.3. The van der Waals surface area contributed by atoms with E-state index in [1.165, 1.54) is 12.1 Å². The van der Waals surface area contributed by atoms with E-state index in [1.807, 2.05) is 0 Å². The van der Waals surface area contributed by atoms with E-state index in [0.29, 0.717) is 0 Å². The molecule has 2 aromatic rings. The lowest BCUT2D eigenvalue weighted by molar-refractivity contribution is -0.384. The molecule has 2 rings (SSSR count). The fourth-order valence-corrected chi connectivity index (χ4v) is 2.94. The summed E-state index contributed by atoms with van der Waals surface area (Å²) in [7, 11) is 0. The average Bonchev–Trinajstić information content (AvgIpc) is 2.72. The molecule has 164 valence electrons. The molecule has 0 aromatic heterocycles. The van der Waals surface area contributed by atoms with Gasteiger partial charge in [0.25, 0.3) is 11.6 Å². The van der Waals surface area contributed by atoms with Crippen LogP contribution in [0.25, 0.3) is 0 Å². The predicted octanol–water partition coefficient (Wildman–Crippen LogP) is 2.19. The number of non-ortho nitro benzene ring substituents is 1. The normalized spacial score (nSPS) is 12.5. The number of nitro groups is 1. The van der Waals surface area contributed by atoms with Gasteiger partial charge < -0.3 is 15.8 Å². The number of rotatable bonds is 9. The van der Waals surface area contributed by atoms with Crippen LogP contribution >= 0.6 is 0 Å². The molecule has 0 unspecified atom stereocenters. The molecule has 3 N–H and O–H groups in total. The number of nitrogens with one attached hydrogen (secondary N) is 1. The average molecular weight is 435 g/mol. The summed E-state index contributed by atoms with van der Waals surface area (Å²) in [6, 6.07) is 6.31. The first kappa shape index (κ1) is 23.4. The number of nitrogens with two attached hydrogens (primary N) is 1. The summed E-state index contributed by atoms with van der Waals surface area (Å²) in [5, 5.41) is 13.1. The SMILES string of the molecule is CCOC(=O)C[C@H](c1ccc([N+](=O)[O-])cc1)[C@@H](NC(=O)c1cccc(F)c1F)C(N)=O. The second-order valence-electron chi connectivity index (χ2n) is 6.42.